The van der Waals surface area contributed by atoms with Crippen molar-refractivity contribution in [2.24, 2.45) is 5.92 Å². The molecule has 1 unspecified atom stereocenters. The van der Waals surface area contributed by atoms with Crippen LogP contribution in [0.1, 0.15) is 24.5 Å². The standard InChI is InChI=1S/C11H16F2N4/c12-11(13)8-3-5-16(6-8)7-10-15-14-9-2-1-4-17(9)10/h8,11H,1-7H2. The first-order chi connectivity index (χ1) is 8.24. The topological polar surface area (TPSA) is 34.0 Å². The average molecular weight is 242 g/mol. The van der Waals surface area contributed by atoms with Crippen molar-refractivity contribution in [2.45, 2.75) is 38.8 Å². The zero-order chi connectivity index (χ0) is 11.8. The summed E-state index contributed by atoms with van der Waals surface area (Å²) < 4.78 is 27.2. The Morgan fingerprint density at radius 1 is 1.29 bits per heavy atom. The predicted octanol–water partition coefficient (Wildman–Crippen LogP) is 1.31. The van der Waals surface area contributed by atoms with Gasteiger partial charge in [0.2, 0.25) is 6.43 Å². The number of hydrogen-bond acceptors (Lipinski definition) is 3. The molecule has 0 radical (unpaired) electrons. The van der Waals surface area contributed by atoms with Crippen LogP contribution in [0.5, 0.6) is 0 Å². The smallest absolute Gasteiger partial charge is 0.242 e. The number of hydrogen-bond donors (Lipinski definition) is 0. The van der Waals surface area contributed by atoms with E-state index in [9.17, 15) is 8.78 Å². The highest BCUT2D eigenvalue weighted by molar-refractivity contribution is 5.01. The molecule has 0 amide bonds. The van der Waals surface area contributed by atoms with Crippen LogP contribution in [-0.2, 0) is 19.5 Å². The van der Waals surface area contributed by atoms with Crippen molar-refractivity contribution in [3.05, 3.63) is 11.6 Å². The summed E-state index contributed by atoms with van der Waals surface area (Å²) in [5.74, 6) is 1.52. The molecular weight excluding hydrogens is 226 g/mol. The van der Waals surface area contributed by atoms with Gasteiger partial charge in [0.25, 0.3) is 0 Å². The van der Waals surface area contributed by atoms with E-state index in [0.29, 0.717) is 19.5 Å². The first kappa shape index (κ1) is 11.1. The second-order valence-electron chi connectivity index (χ2n) is 4.91. The molecule has 0 saturated carbocycles. The van der Waals surface area contributed by atoms with Gasteiger partial charge in [-0.3, -0.25) is 4.90 Å². The molecule has 0 spiro atoms. The van der Waals surface area contributed by atoms with Crippen LogP contribution in [0.2, 0.25) is 0 Å². The zero-order valence-corrected chi connectivity index (χ0v) is 9.65. The molecule has 94 valence electrons. The minimum Gasteiger partial charge on any atom is -0.314 e. The van der Waals surface area contributed by atoms with Crippen LogP contribution in [0.3, 0.4) is 0 Å². The summed E-state index contributed by atoms with van der Waals surface area (Å²) in [6, 6.07) is 0. The van der Waals surface area contributed by atoms with Crippen LogP contribution in [0.15, 0.2) is 0 Å². The van der Waals surface area contributed by atoms with Gasteiger partial charge in [0, 0.05) is 25.4 Å². The molecule has 2 aliphatic heterocycles. The van der Waals surface area contributed by atoms with Gasteiger partial charge in [-0.15, -0.1) is 10.2 Å². The lowest BCUT2D eigenvalue weighted by Crippen LogP contribution is -2.24. The van der Waals surface area contributed by atoms with Gasteiger partial charge < -0.3 is 4.57 Å². The largest absolute Gasteiger partial charge is 0.314 e. The van der Waals surface area contributed by atoms with Crippen molar-refractivity contribution >= 4 is 0 Å². The quantitative estimate of drug-likeness (QED) is 0.801. The highest BCUT2D eigenvalue weighted by Gasteiger charge is 2.30. The number of fused-ring (bicyclic) bond motifs is 1. The third-order valence-corrected chi connectivity index (χ3v) is 3.72. The number of aryl methyl sites for hydroxylation is 1. The van der Waals surface area contributed by atoms with E-state index >= 15 is 0 Å². The molecule has 2 aliphatic rings. The number of alkyl halides is 2. The van der Waals surface area contributed by atoms with E-state index in [1.54, 1.807) is 0 Å². The zero-order valence-electron chi connectivity index (χ0n) is 9.65. The molecule has 1 aromatic rings. The van der Waals surface area contributed by atoms with Gasteiger partial charge in [-0.25, -0.2) is 8.78 Å². The number of halogens is 2. The molecule has 3 heterocycles. The van der Waals surface area contributed by atoms with Crippen molar-refractivity contribution in [3.63, 3.8) is 0 Å². The fourth-order valence-corrected chi connectivity index (χ4v) is 2.74. The fourth-order valence-electron chi connectivity index (χ4n) is 2.74. The molecule has 6 heteroatoms. The summed E-state index contributed by atoms with van der Waals surface area (Å²) in [5.41, 5.74) is 0. The van der Waals surface area contributed by atoms with Gasteiger partial charge in [0.05, 0.1) is 6.54 Å². The van der Waals surface area contributed by atoms with Gasteiger partial charge in [-0.05, 0) is 19.4 Å². The van der Waals surface area contributed by atoms with Crippen LogP contribution < -0.4 is 0 Å². The number of aromatic nitrogens is 3. The Morgan fingerprint density at radius 3 is 2.94 bits per heavy atom. The van der Waals surface area contributed by atoms with E-state index in [2.05, 4.69) is 19.7 Å². The minimum absolute atomic E-state index is 0.462. The van der Waals surface area contributed by atoms with E-state index in [4.69, 9.17) is 0 Å². The van der Waals surface area contributed by atoms with Crippen LogP contribution in [-0.4, -0.2) is 39.2 Å². The second-order valence-corrected chi connectivity index (χ2v) is 4.91. The Morgan fingerprint density at radius 2 is 2.18 bits per heavy atom. The fraction of sp³-hybridized carbons (Fsp3) is 0.818. The average Bonchev–Trinajstić information content (AvgIpc) is 2.96. The lowest BCUT2D eigenvalue weighted by atomic mass is 10.1. The molecule has 3 rings (SSSR count). The van der Waals surface area contributed by atoms with Crippen LogP contribution in [0, 0.1) is 5.92 Å². The van der Waals surface area contributed by atoms with Crippen molar-refractivity contribution < 1.29 is 8.78 Å². The summed E-state index contributed by atoms with van der Waals surface area (Å²) in [6.45, 7) is 2.87. The molecule has 1 saturated heterocycles. The van der Waals surface area contributed by atoms with Gasteiger partial charge in [0.1, 0.15) is 11.6 Å². The highest BCUT2D eigenvalue weighted by atomic mass is 19.3. The monoisotopic (exact) mass is 242 g/mol. The molecule has 4 nitrogen and oxygen atoms in total. The third kappa shape index (κ3) is 2.06. The summed E-state index contributed by atoms with van der Waals surface area (Å²) in [5, 5.41) is 8.29. The Balaban J connectivity index is 1.64. The normalized spacial score (nSPS) is 24.8. The van der Waals surface area contributed by atoms with Crippen molar-refractivity contribution in [1.29, 1.82) is 0 Å². The Hall–Kier alpha value is -1.04. The summed E-state index contributed by atoms with van der Waals surface area (Å²) >= 11 is 0. The third-order valence-electron chi connectivity index (χ3n) is 3.72. The lowest BCUT2D eigenvalue weighted by molar-refractivity contribution is 0.0800. The molecule has 0 bridgehead atoms. The van der Waals surface area contributed by atoms with Crippen molar-refractivity contribution in [2.75, 3.05) is 13.1 Å². The summed E-state index contributed by atoms with van der Waals surface area (Å²) in [4.78, 5) is 2.06. The van der Waals surface area contributed by atoms with Crippen molar-refractivity contribution in [1.82, 2.24) is 19.7 Å². The van der Waals surface area contributed by atoms with E-state index in [0.717, 1.165) is 37.6 Å². The molecule has 1 atom stereocenters. The molecular formula is C11H16F2N4. The predicted molar refractivity (Wildman–Crippen MR) is 57.7 cm³/mol. The molecule has 0 aliphatic carbocycles. The maximum atomic E-state index is 12.6. The summed E-state index contributed by atoms with van der Waals surface area (Å²) in [7, 11) is 0. The number of likely N-dealkylation sites (tertiary alicyclic amines) is 1. The maximum absolute atomic E-state index is 12.6. The Kier molecular flexibility index (Phi) is 2.82. The first-order valence-electron chi connectivity index (χ1n) is 6.15. The van der Waals surface area contributed by atoms with E-state index < -0.39 is 12.3 Å². The Labute approximate surface area is 98.6 Å². The lowest BCUT2D eigenvalue weighted by Gasteiger charge is -2.15. The number of rotatable bonds is 3. The molecule has 1 fully saturated rings. The van der Waals surface area contributed by atoms with Crippen LogP contribution >= 0.6 is 0 Å². The Bertz CT molecular complexity index is 404. The van der Waals surface area contributed by atoms with Crippen LogP contribution in [0.25, 0.3) is 0 Å². The van der Waals surface area contributed by atoms with Gasteiger partial charge >= 0.3 is 0 Å². The van der Waals surface area contributed by atoms with E-state index in [1.165, 1.54) is 0 Å². The van der Waals surface area contributed by atoms with Gasteiger partial charge in [0.15, 0.2) is 0 Å². The highest BCUT2D eigenvalue weighted by Crippen LogP contribution is 2.24. The molecule has 17 heavy (non-hydrogen) atoms. The maximum Gasteiger partial charge on any atom is 0.242 e. The van der Waals surface area contributed by atoms with Gasteiger partial charge in [-0.2, -0.15) is 0 Å². The minimum atomic E-state index is -2.19. The first-order valence-corrected chi connectivity index (χ1v) is 6.15. The van der Waals surface area contributed by atoms with Crippen molar-refractivity contribution in [3.8, 4) is 0 Å². The molecule has 0 aromatic carbocycles. The number of nitrogens with zero attached hydrogens (tertiary/aromatic N) is 4. The molecule has 0 N–H and O–H groups in total. The van der Waals surface area contributed by atoms with Crippen LogP contribution in [0.4, 0.5) is 8.78 Å². The summed E-state index contributed by atoms with van der Waals surface area (Å²) in [6.07, 6.45) is 0.521. The second kappa shape index (κ2) is 4.33. The molecule has 1 aromatic heterocycles. The SMILES string of the molecule is FC(F)C1CCN(Cc2nnc3n2CCC3)C1. The van der Waals surface area contributed by atoms with E-state index in [-0.39, 0.29) is 0 Å². The van der Waals surface area contributed by atoms with E-state index in [1.807, 2.05) is 0 Å². The van der Waals surface area contributed by atoms with Gasteiger partial charge in [-0.1, -0.05) is 0 Å².